The number of hydrogen-bond donors (Lipinski definition) is 3. The summed E-state index contributed by atoms with van der Waals surface area (Å²) in [5.41, 5.74) is 0. The van der Waals surface area contributed by atoms with Gasteiger partial charge < -0.3 is 20.5 Å². The number of urea groups is 1. The summed E-state index contributed by atoms with van der Waals surface area (Å²) in [5.74, 6) is -1.43. The Kier molecular flexibility index (Phi) is 7.97. The second kappa shape index (κ2) is 8.62. The van der Waals surface area contributed by atoms with Crippen LogP contribution in [0.4, 0.5) is 18.0 Å². The summed E-state index contributed by atoms with van der Waals surface area (Å²) in [6, 6.07) is -1.80. The van der Waals surface area contributed by atoms with Gasteiger partial charge in [-0.1, -0.05) is 20.3 Å². The zero-order chi connectivity index (χ0) is 15.8. The van der Waals surface area contributed by atoms with E-state index in [4.69, 9.17) is 5.11 Å². The molecule has 9 heteroatoms. The Labute approximate surface area is 114 Å². The van der Waals surface area contributed by atoms with Gasteiger partial charge in [0.2, 0.25) is 0 Å². The van der Waals surface area contributed by atoms with E-state index in [0.29, 0.717) is 6.42 Å². The van der Waals surface area contributed by atoms with Crippen molar-refractivity contribution in [1.29, 1.82) is 0 Å². The molecule has 118 valence electrons. The van der Waals surface area contributed by atoms with Crippen LogP contribution in [0, 0.1) is 5.92 Å². The van der Waals surface area contributed by atoms with Crippen LogP contribution < -0.4 is 10.6 Å². The molecule has 2 amide bonds. The lowest BCUT2D eigenvalue weighted by Gasteiger charge is -2.20. The smallest absolute Gasteiger partial charge is 0.411 e. The third kappa shape index (κ3) is 8.57. The maximum Gasteiger partial charge on any atom is 0.411 e. The monoisotopic (exact) mass is 300 g/mol. The number of halogens is 3. The molecule has 0 radical (unpaired) electrons. The molecule has 0 aromatic rings. The maximum atomic E-state index is 11.7. The summed E-state index contributed by atoms with van der Waals surface area (Å²) in [6.45, 7) is 1.61. The fourth-order valence-corrected chi connectivity index (χ4v) is 1.30. The molecule has 0 spiro atoms. The number of amides is 2. The summed E-state index contributed by atoms with van der Waals surface area (Å²) in [5, 5.41) is 13.4. The number of alkyl halides is 3. The Morgan fingerprint density at radius 1 is 1.35 bits per heavy atom. The van der Waals surface area contributed by atoms with Gasteiger partial charge in [-0.25, -0.2) is 9.59 Å². The lowest BCUT2D eigenvalue weighted by atomic mass is 9.99. The number of carbonyl (C=O) groups excluding carboxylic acids is 1. The van der Waals surface area contributed by atoms with E-state index in [-0.39, 0.29) is 19.1 Å². The quantitative estimate of drug-likeness (QED) is 0.591. The number of carbonyl (C=O) groups is 2. The molecule has 0 aliphatic heterocycles. The van der Waals surface area contributed by atoms with Crippen molar-refractivity contribution in [2.24, 2.45) is 5.92 Å². The lowest BCUT2D eigenvalue weighted by molar-refractivity contribution is -0.173. The van der Waals surface area contributed by atoms with Crippen molar-refractivity contribution in [3.8, 4) is 0 Å². The van der Waals surface area contributed by atoms with E-state index in [1.807, 2.05) is 0 Å². The average molecular weight is 300 g/mol. The molecular formula is C11H19F3N2O4. The van der Waals surface area contributed by atoms with Crippen LogP contribution in [-0.2, 0) is 9.53 Å². The molecule has 0 aliphatic rings. The zero-order valence-electron chi connectivity index (χ0n) is 11.3. The molecule has 0 heterocycles. The Bertz CT molecular complexity index is 323. The van der Waals surface area contributed by atoms with Crippen molar-refractivity contribution in [2.45, 2.75) is 32.5 Å². The van der Waals surface area contributed by atoms with Crippen LogP contribution in [0.1, 0.15) is 20.3 Å². The average Bonchev–Trinajstić information content (AvgIpc) is 2.32. The number of nitrogens with one attached hydrogen (secondary N) is 2. The van der Waals surface area contributed by atoms with Crippen LogP contribution in [0.3, 0.4) is 0 Å². The first-order chi connectivity index (χ1) is 9.17. The van der Waals surface area contributed by atoms with Crippen LogP contribution in [0.2, 0.25) is 0 Å². The predicted molar refractivity (Wildman–Crippen MR) is 64.3 cm³/mol. The van der Waals surface area contributed by atoms with Gasteiger partial charge in [0.15, 0.2) is 0 Å². The van der Waals surface area contributed by atoms with Gasteiger partial charge in [0.1, 0.15) is 12.6 Å². The van der Waals surface area contributed by atoms with Crippen LogP contribution in [0.15, 0.2) is 0 Å². The Hall–Kier alpha value is -1.51. The normalized spacial score (nSPS) is 14.4. The van der Waals surface area contributed by atoms with Crippen molar-refractivity contribution in [1.82, 2.24) is 10.6 Å². The molecule has 2 unspecified atom stereocenters. The minimum Gasteiger partial charge on any atom is -0.480 e. The van der Waals surface area contributed by atoms with E-state index in [1.165, 1.54) is 0 Å². The molecule has 6 nitrogen and oxygen atoms in total. The predicted octanol–water partition coefficient (Wildman–Crippen LogP) is 1.36. The van der Waals surface area contributed by atoms with E-state index in [1.54, 1.807) is 13.8 Å². The van der Waals surface area contributed by atoms with E-state index in [2.05, 4.69) is 15.4 Å². The van der Waals surface area contributed by atoms with E-state index < -0.39 is 30.8 Å². The fraction of sp³-hybridized carbons (Fsp3) is 0.818. The standard InChI is InChI=1S/C11H19F3N2O4/c1-3-7(2)8(9(17)18)16-10(19)15-4-5-20-6-11(12,13)14/h7-8H,3-6H2,1-2H3,(H,17,18)(H2,15,16,19). The highest BCUT2D eigenvalue weighted by Gasteiger charge is 2.27. The van der Waals surface area contributed by atoms with Crippen LogP contribution >= 0.6 is 0 Å². The third-order valence-corrected chi connectivity index (χ3v) is 2.56. The number of hydrogen-bond acceptors (Lipinski definition) is 3. The molecule has 20 heavy (non-hydrogen) atoms. The number of carboxylic acids is 1. The van der Waals surface area contributed by atoms with E-state index in [9.17, 15) is 22.8 Å². The number of rotatable bonds is 8. The number of aliphatic carboxylic acids is 1. The van der Waals surface area contributed by atoms with Crippen molar-refractivity contribution in [3.05, 3.63) is 0 Å². The van der Waals surface area contributed by atoms with Crippen molar-refractivity contribution >= 4 is 12.0 Å². The van der Waals surface area contributed by atoms with Crippen molar-refractivity contribution < 1.29 is 32.6 Å². The van der Waals surface area contributed by atoms with Crippen LogP contribution in [-0.4, -0.2) is 49.1 Å². The molecule has 0 rings (SSSR count). The van der Waals surface area contributed by atoms with Crippen LogP contribution in [0.25, 0.3) is 0 Å². The SMILES string of the molecule is CCC(C)C(NC(=O)NCCOCC(F)(F)F)C(=O)O. The zero-order valence-corrected chi connectivity index (χ0v) is 11.3. The lowest BCUT2D eigenvalue weighted by Crippen LogP contribution is -2.49. The fourth-order valence-electron chi connectivity index (χ4n) is 1.30. The van der Waals surface area contributed by atoms with Gasteiger partial charge in [0.05, 0.1) is 6.61 Å². The second-order valence-corrected chi connectivity index (χ2v) is 4.27. The Morgan fingerprint density at radius 2 is 1.95 bits per heavy atom. The summed E-state index contributed by atoms with van der Waals surface area (Å²) < 4.78 is 39.5. The Balaban J connectivity index is 3.95. The third-order valence-electron chi connectivity index (χ3n) is 2.56. The largest absolute Gasteiger partial charge is 0.480 e. The molecule has 0 saturated heterocycles. The molecule has 0 aliphatic carbocycles. The molecular weight excluding hydrogens is 281 g/mol. The number of carboxylic acid groups (broad SMARTS) is 1. The summed E-state index contributed by atoms with van der Waals surface area (Å²) >= 11 is 0. The molecule has 0 aromatic carbocycles. The molecule has 0 fully saturated rings. The molecule has 0 bridgehead atoms. The summed E-state index contributed by atoms with van der Waals surface area (Å²) in [7, 11) is 0. The highest BCUT2D eigenvalue weighted by Crippen LogP contribution is 2.13. The van der Waals surface area contributed by atoms with Gasteiger partial charge in [0, 0.05) is 6.54 Å². The minimum absolute atomic E-state index is 0.144. The highest BCUT2D eigenvalue weighted by molar-refractivity contribution is 5.82. The first-order valence-electron chi connectivity index (χ1n) is 6.09. The topological polar surface area (TPSA) is 87.7 Å². The van der Waals surface area contributed by atoms with Gasteiger partial charge >= 0.3 is 18.2 Å². The van der Waals surface area contributed by atoms with Gasteiger partial charge in [-0.15, -0.1) is 0 Å². The summed E-state index contributed by atoms with van der Waals surface area (Å²) in [4.78, 5) is 22.3. The van der Waals surface area contributed by atoms with E-state index >= 15 is 0 Å². The van der Waals surface area contributed by atoms with Crippen molar-refractivity contribution in [3.63, 3.8) is 0 Å². The first kappa shape index (κ1) is 18.5. The highest BCUT2D eigenvalue weighted by atomic mass is 19.4. The van der Waals surface area contributed by atoms with E-state index in [0.717, 1.165) is 0 Å². The summed E-state index contributed by atoms with van der Waals surface area (Å²) in [6.07, 6.45) is -3.85. The van der Waals surface area contributed by atoms with Gasteiger partial charge in [-0.2, -0.15) is 13.2 Å². The molecule has 3 N–H and O–H groups in total. The molecule has 0 aromatic heterocycles. The first-order valence-corrected chi connectivity index (χ1v) is 6.09. The van der Waals surface area contributed by atoms with Crippen LogP contribution in [0.5, 0.6) is 0 Å². The van der Waals surface area contributed by atoms with Gasteiger partial charge in [0.25, 0.3) is 0 Å². The second-order valence-electron chi connectivity index (χ2n) is 4.27. The molecule has 0 saturated carbocycles. The van der Waals surface area contributed by atoms with Gasteiger partial charge in [-0.3, -0.25) is 0 Å². The maximum absolute atomic E-state index is 11.7. The Morgan fingerprint density at radius 3 is 2.40 bits per heavy atom. The minimum atomic E-state index is -4.41. The van der Waals surface area contributed by atoms with Gasteiger partial charge in [-0.05, 0) is 5.92 Å². The van der Waals surface area contributed by atoms with Crippen molar-refractivity contribution in [2.75, 3.05) is 19.8 Å². The number of ether oxygens (including phenoxy) is 1. The molecule has 2 atom stereocenters.